The second-order valence-corrected chi connectivity index (χ2v) is 15.7. The van der Waals surface area contributed by atoms with Gasteiger partial charge in [-0.25, -0.2) is 22.8 Å². The second kappa shape index (κ2) is 15.1. The van der Waals surface area contributed by atoms with Crippen LogP contribution in [0.3, 0.4) is 0 Å². The Bertz CT molecular complexity index is 2090. The maximum Gasteiger partial charge on any atom is 0.354 e. The fraction of sp³-hybridized carbons (Fsp3) is 0.455. The number of pyridine rings is 1. The van der Waals surface area contributed by atoms with Crippen LogP contribution >= 0.6 is 11.3 Å². The minimum Gasteiger partial charge on any atom is -0.724 e. The molecule has 6 rings (SSSR count). The number of benzene rings is 1. The zero-order valence-corrected chi connectivity index (χ0v) is 31.2. The molecule has 19 nitrogen and oxygen atoms in total. The van der Waals surface area contributed by atoms with E-state index in [-0.39, 0.29) is 17.2 Å². The molecule has 0 saturated carbocycles. The number of nitrogen functional groups attached to an aromatic ring is 1. The molecular formula is C33H41N9O10S2. The maximum absolute atomic E-state index is 13.5. The summed E-state index contributed by atoms with van der Waals surface area (Å²) < 4.78 is 46.0. The molecule has 0 bridgehead atoms. The molecule has 2 amide bonds. The van der Waals surface area contributed by atoms with Crippen LogP contribution in [0.5, 0.6) is 5.75 Å². The molecule has 54 heavy (non-hydrogen) atoms. The number of nitrogens with one attached hydrogen (secondary N) is 3. The molecular weight excluding hydrogens is 747 g/mol. The van der Waals surface area contributed by atoms with Crippen molar-refractivity contribution in [3.05, 3.63) is 53.2 Å². The number of nitrogens with zero attached hydrogens (tertiary/aromatic N) is 4. The predicted octanol–water partition coefficient (Wildman–Crippen LogP) is -0.275. The number of carboxylic acids is 1. The van der Waals surface area contributed by atoms with Crippen LogP contribution in [-0.4, -0.2) is 101 Å². The summed E-state index contributed by atoms with van der Waals surface area (Å²) in [5.74, 6) is -1.51. The van der Waals surface area contributed by atoms with Crippen LogP contribution in [0, 0.1) is 5.92 Å². The summed E-state index contributed by atoms with van der Waals surface area (Å²) in [6, 6.07) is 8.39. The Balaban J connectivity index is 1.21. The first-order valence-corrected chi connectivity index (χ1v) is 19.2. The van der Waals surface area contributed by atoms with Gasteiger partial charge < -0.3 is 41.3 Å². The number of amides is 2. The van der Waals surface area contributed by atoms with Crippen molar-refractivity contribution in [3.63, 3.8) is 0 Å². The average Bonchev–Trinajstić information content (AvgIpc) is 3.54. The molecule has 5 heterocycles. The first kappa shape index (κ1) is 38.8. The number of carbonyl (C=O) groups excluding carboxylic acids is 2. The monoisotopic (exact) mass is 787 g/mol. The third kappa shape index (κ3) is 7.95. The molecule has 0 unspecified atom stereocenters. The number of aliphatic carboxylic acids is 1. The summed E-state index contributed by atoms with van der Waals surface area (Å²) in [6.07, 6.45) is 1.71. The van der Waals surface area contributed by atoms with Gasteiger partial charge in [0.15, 0.2) is 16.9 Å². The lowest BCUT2D eigenvalue weighted by molar-refractivity contribution is -0.690. The molecule has 0 spiro atoms. The highest BCUT2D eigenvalue weighted by Crippen LogP contribution is 2.37. The number of aromatic nitrogens is 2. The van der Waals surface area contributed by atoms with Gasteiger partial charge in [0.25, 0.3) is 23.2 Å². The van der Waals surface area contributed by atoms with Gasteiger partial charge in [0.05, 0.1) is 24.8 Å². The second-order valence-electron chi connectivity index (χ2n) is 13.9. The largest absolute Gasteiger partial charge is 0.724 e. The number of anilines is 2. The third-order valence-corrected chi connectivity index (χ3v) is 10.6. The molecule has 2 fully saturated rings. The van der Waals surface area contributed by atoms with Crippen molar-refractivity contribution >= 4 is 56.2 Å². The molecule has 2 saturated heterocycles. The number of fused-ring (bicyclic) bond motifs is 1. The van der Waals surface area contributed by atoms with Crippen LogP contribution in [-0.2, 0) is 46.9 Å². The molecule has 1 aromatic carbocycles. The van der Waals surface area contributed by atoms with E-state index >= 15 is 0 Å². The summed E-state index contributed by atoms with van der Waals surface area (Å²) in [7, 11) is -5.28. The Kier molecular flexibility index (Phi) is 10.8. The lowest BCUT2D eigenvalue weighted by Crippen LogP contribution is -2.76. The van der Waals surface area contributed by atoms with Gasteiger partial charge in [-0.05, 0) is 62.9 Å². The Morgan fingerprint density at radius 2 is 2.02 bits per heavy atom. The van der Waals surface area contributed by atoms with Gasteiger partial charge in [0.2, 0.25) is 10.4 Å². The van der Waals surface area contributed by atoms with Crippen LogP contribution in [0.2, 0.25) is 0 Å². The van der Waals surface area contributed by atoms with E-state index in [0.29, 0.717) is 36.2 Å². The smallest absolute Gasteiger partial charge is 0.354 e. The molecule has 3 aliphatic rings. The average molecular weight is 788 g/mol. The molecule has 2 aromatic heterocycles. The van der Waals surface area contributed by atoms with Crippen molar-refractivity contribution in [1.29, 1.82) is 0 Å². The number of thiazole rings is 1. The summed E-state index contributed by atoms with van der Waals surface area (Å²) in [6.45, 7) is 7.88. The van der Waals surface area contributed by atoms with Crippen molar-refractivity contribution in [1.82, 2.24) is 20.7 Å². The summed E-state index contributed by atoms with van der Waals surface area (Å²) >= 11 is 0.967. The number of hydrogen-bond donors (Lipinski definition) is 6. The van der Waals surface area contributed by atoms with Crippen molar-refractivity contribution in [2.24, 2.45) is 16.8 Å². The Labute approximate surface area is 314 Å². The maximum atomic E-state index is 13.5. The van der Waals surface area contributed by atoms with Crippen LogP contribution in [0.4, 0.5) is 10.9 Å². The fourth-order valence-electron chi connectivity index (χ4n) is 6.33. The minimum absolute atomic E-state index is 0.0584. The lowest BCUT2D eigenvalue weighted by atomic mass is 9.84. The van der Waals surface area contributed by atoms with E-state index in [2.05, 4.69) is 41.1 Å². The lowest BCUT2D eigenvalue weighted by Gasteiger charge is -2.51. The number of hydroxylamine groups is 2. The van der Waals surface area contributed by atoms with Gasteiger partial charge in [-0.15, -0.1) is 11.3 Å². The summed E-state index contributed by atoms with van der Waals surface area (Å²) in [4.78, 5) is 48.7. The van der Waals surface area contributed by atoms with Crippen LogP contribution in [0.25, 0.3) is 11.1 Å². The fourth-order valence-corrected chi connectivity index (χ4v) is 7.33. The van der Waals surface area contributed by atoms with Gasteiger partial charge in [-0.3, -0.25) is 14.9 Å². The molecule has 3 aromatic rings. The molecule has 3 atom stereocenters. The van der Waals surface area contributed by atoms with Crippen molar-refractivity contribution < 1.29 is 50.9 Å². The zero-order valence-electron chi connectivity index (χ0n) is 29.6. The number of carboxylic acid groups (broad SMARTS) is 1. The van der Waals surface area contributed by atoms with Gasteiger partial charge in [-0.1, -0.05) is 11.2 Å². The van der Waals surface area contributed by atoms with Crippen LogP contribution < -0.4 is 36.7 Å². The van der Waals surface area contributed by atoms with Gasteiger partial charge in [0.1, 0.15) is 17.5 Å². The summed E-state index contributed by atoms with van der Waals surface area (Å²) in [5.41, 5.74) is 10.1. The molecule has 290 valence electrons. The number of ether oxygens (including phenoxy) is 1. The van der Waals surface area contributed by atoms with E-state index in [1.54, 1.807) is 6.07 Å². The third-order valence-electron chi connectivity index (χ3n) is 9.60. The van der Waals surface area contributed by atoms with E-state index in [9.17, 15) is 32.5 Å². The van der Waals surface area contributed by atoms with E-state index in [4.69, 9.17) is 21.0 Å². The molecule has 8 N–H and O–H groups in total. The highest BCUT2D eigenvalue weighted by atomic mass is 32.3. The van der Waals surface area contributed by atoms with Gasteiger partial charge in [0, 0.05) is 42.6 Å². The number of nitrogens with two attached hydrogens (primary N) is 2. The first-order chi connectivity index (χ1) is 25.5. The van der Waals surface area contributed by atoms with E-state index in [1.165, 1.54) is 26.2 Å². The number of carbonyl (C=O) groups is 3. The number of hydrogen-bond acceptors (Lipinski definition) is 16. The first-order valence-electron chi connectivity index (χ1n) is 17.0. The molecule has 0 aliphatic carbocycles. The predicted molar refractivity (Wildman–Crippen MR) is 193 cm³/mol. The van der Waals surface area contributed by atoms with Crippen LogP contribution in [0.15, 0.2) is 47.1 Å². The normalized spacial score (nSPS) is 20.8. The van der Waals surface area contributed by atoms with Gasteiger partial charge >= 0.3 is 5.97 Å². The molecule has 21 heteroatoms. The van der Waals surface area contributed by atoms with Crippen molar-refractivity contribution in [2.75, 3.05) is 37.2 Å². The highest BCUT2D eigenvalue weighted by Gasteiger charge is 2.57. The van der Waals surface area contributed by atoms with E-state index < -0.39 is 57.2 Å². The molecule has 3 aliphatic heterocycles. The Hall–Kier alpha value is -4.93. The van der Waals surface area contributed by atoms with Crippen molar-refractivity contribution in [3.8, 4) is 16.9 Å². The number of oxime groups is 1. The SMILES string of the molecule is CC1(C)[C@H](NC(=O)/C(=N\O[C@](C)(C(=O)O)[C@H]2CCc3cc(-c4ccc(NCCN)[n+](CC5CNC5)c4)ccc3O2)c2csc(N)n2)C(=O)N1OS(=O)(=O)[O-]. The summed E-state index contributed by atoms with van der Waals surface area (Å²) in [5, 5.41) is 25.2. The number of aryl methyl sites for hydroxylation is 1. The number of β-lactam (4-membered cyclic amide) rings is 1. The quantitative estimate of drug-likeness (QED) is 0.0289. The molecule has 0 radical (unpaired) electrons. The minimum atomic E-state index is -5.28. The zero-order chi connectivity index (χ0) is 39.0. The van der Waals surface area contributed by atoms with E-state index in [1.807, 2.05) is 24.3 Å². The highest BCUT2D eigenvalue weighted by molar-refractivity contribution is 7.80. The van der Waals surface area contributed by atoms with E-state index in [0.717, 1.165) is 53.5 Å². The van der Waals surface area contributed by atoms with Crippen LogP contribution in [0.1, 0.15) is 38.4 Å². The van der Waals surface area contributed by atoms with Crippen molar-refractivity contribution in [2.45, 2.75) is 63.4 Å². The standard InChI is InChI=1S/C33H41N9O10S2/c1-32(2)27(29(44)42(32)52-54(47,48)49)39-28(43)26(22-17-53-31(35)38-22)40-51-33(3,30(45)46)24-8-5-20-12-19(4-7-23(20)50-24)21-6-9-25(37-11-10-34)41(16-21)15-18-13-36-14-18/h4,6-7,9,12,16-18,24,27,36H,5,8,10-11,13-15,34H2,1-3H3,(H5,35,38,39,43,45,46,47,48,49)/b40-26-/t24-,27-,33+/m1/s1. The topological polar surface area (TPSA) is 277 Å². The number of rotatable bonds is 15. The van der Waals surface area contributed by atoms with Gasteiger partial charge in [-0.2, -0.15) is 9.35 Å². The Morgan fingerprint density at radius 1 is 1.28 bits per heavy atom. The Morgan fingerprint density at radius 3 is 2.63 bits per heavy atom.